The fraction of sp³-hybridized carbons (Fsp3) is 0.900. The monoisotopic (exact) mass is 317 g/mol. The summed E-state index contributed by atoms with van der Waals surface area (Å²) in [6.45, 7) is 0.734. The van der Waals surface area contributed by atoms with E-state index >= 15 is 0 Å². The van der Waals surface area contributed by atoms with E-state index in [-0.39, 0.29) is 11.9 Å². The first-order valence-electron chi connectivity index (χ1n) is 5.35. The van der Waals surface area contributed by atoms with Crippen LogP contribution in [0.15, 0.2) is 0 Å². The molecule has 0 radical (unpaired) electrons. The van der Waals surface area contributed by atoms with E-state index in [0.29, 0.717) is 17.8 Å². The van der Waals surface area contributed by atoms with Crippen LogP contribution in [0.2, 0.25) is 0 Å². The van der Waals surface area contributed by atoms with Gasteiger partial charge in [0.15, 0.2) is 0 Å². The van der Waals surface area contributed by atoms with Crippen molar-refractivity contribution in [2.75, 3.05) is 25.1 Å². The van der Waals surface area contributed by atoms with Crippen molar-refractivity contribution in [3.05, 3.63) is 0 Å². The molecule has 1 aliphatic rings. The van der Waals surface area contributed by atoms with Gasteiger partial charge in [0.1, 0.15) is 13.2 Å². The van der Waals surface area contributed by atoms with E-state index in [1.165, 1.54) is 0 Å². The molecule has 0 saturated carbocycles. The first-order chi connectivity index (χ1) is 7.85. The summed E-state index contributed by atoms with van der Waals surface area (Å²) in [6.07, 6.45) is -3.51. The number of likely N-dealkylation sites (tertiary alicyclic amines) is 1. The van der Waals surface area contributed by atoms with Crippen molar-refractivity contribution in [2.45, 2.75) is 25.6 Å². The minimum absolute atomic E-state index is 0.0528. The van der Waals surface area contributed by atoms with Crippen LogP contribution in [0, 0.1) is 5.92 Å². The maximum Gasteiger partial charge on any atom is 0.411 e. The zero-order valence-corrected chi connectivity index (χ0v) is 11.1. The average molecular weight is 318 g/mol. The summed E-state index contributed by atoms with van der Waals surface area (Å²) >= 11 is 3.31. The number of amides is 1. The number of halogens is 4. The Labute approximate surface area is 106 Å². The molecular formula is C10H15BrF3NO2. The van der Waals surface area contributed by atoms with Gasteiger partial charge in [0.25, 0.3) is 0 Å². The van der Waals surface area contributed by atoms with Crippen LogP contribution in [0.1, 0.15) is 13.3 Å². The van der Waals surface area contributed by atoms with Crippen molar-refractivity contribution in [3.8, 4) is 0 Å². The molecule has 0 spiro atoms. The van der Waals surface area contributed by atoms with Gasteiger partial charge in [-0.15, -0.1) is 0 Å². The van der Waals surface area contributed by atoms with Crippen LogP contribution >= 0.6 is 15.9 Å². The van der Waals surface area contributed by atoms with Crippen molar-refractivity contribution in [3.63, 3.8) is 0 Å². The number of carbonyl (C=O) groups is 1. The number of hydrogen-bond donors (Lipinski definition) is 0. The maximum atomic E-state index is 11.8. The Morgan fingerprint density at radius 3 is 2.71 bits per heavy atom. The molecule has 3 nitrogen and oxygen atoms in total. The second kappa shape index (κ2) is 6.04. The molecule has 2 unspecified atom stereocenters. The Kier molecular flexibility index (Phi) is 5.24. The molecule has 1 rings (SSSR count). The van der Waals surface area contributed by atoms with Crippen molar-refractivity contribution in [2.24, 2.45) is 5.92 Å². The van der Waals surface area contributed by atoms with Gasteiger partial charge in [-0.25, -0.2) is 0 Å². The van der Waals surface area contributed by atoms with Gasteiger partial charge in [-0.2, -0.15) is 13.2 Å². The fourth-order valence-electron chi connectivity index (χ4n) is 1.89. The second-order valence-electron chi connectivity index (χ2n) is 4.18. The molecule has 1 amide bonds. The number of carbonyl (C=O) groups excluding carboxylic acids is 1. The third-order valence-corrected chi connectivity index (χ3v) is 3.52. The number of rotatable bonds is 4. The van der Waals surface area contributed by atoms with Crippen LogP contribution in [0.4, 0.5) is 13.2 Å². The summed E-state index contributed by atoms with van der Waals surface area (Å²) in [4.78, 5) is 13.3. The SMILES string of the molecule is CC1CCN(C(=O)COCC(F)(F)F)C1CBr. The molecule has 0 bridgehead atoms. The topological polar surface area (TPSA) is 29.5 Å². The molecule has 1 fully saturated rings. The minimum atomic E-state index is -4.38. The predicted octanol–water partition coefficient (Wildman–Crippen LogP) is 2.20. The van der Waals surface area contributed by atoms with Gasteiger partial charge >= 0.3 is 6.18 Å². The van der Waals surface area contributed by atoms with Crippen LogP contribution in [-0.4, -0.2) is 48.1 Å². The minimum Gasteiger partial charge on any atom is -0.362 e. The normalized spacial score (nSPS) is 25.4. The molecule has 0 aromatic rings. The smallest absolute Gasteiger partial charge is 0.362 e. The second-order valence-corrected chi connectivity index (χ2v) is 4.83. The molecule has 7 heteroatoms. The predicted molar refractivity (Wildman–Crippen MR) is 60.0 cm³/mol. The van der Waals surface area contributed by atoms with Gasteiger partial charge in [0.2, 0.25) is 5.91 Å². The Balaban J connectivity index is 2.38. The molecule has 1 heterocycles. The summed E-state index contributed by atoms with van der Waals surface area (Å²) < 4.78 is 39.9. The lowest BCUT2D eigenvalue weighted by Crippen LogP contribution is -2.41. The van der Waals surface area contributed by atoms with Crippen molar-refractivity contribution < 1.29 is 22.7 Å². The lowest BCUT2D eigenvalue weighted by Gasteiger charge is -2.25. The molecule has 1 saturated heterocycles. The van der Waals surface area contributed by atoms with Crippen LogP contribution in [0.25, 0.3) is 0 Å². The highest BCUT2D eigenvalue weighted by molar-refractivity contribution is 9.09. The van der Waals surface area contributed by atoms with Crippen LogP contribution < -0.4 is 0 Å². The van der Waals surface area contributed by atoms with Crippen LogP contribution in [0.5, 0.6) is 0 Å². The summed E-state index contributed by atoms with van der Waals surface area (Å²) in [5, 5.41) is 0.638. The lowest BCUT2D eigenvalue weighted by molar-refractivity contribution is -0.178. The van der Waals surface area contributed by atoms with Gasteiger partial charge in [-0.05, 0) is 12.3 Å². The van der Waals surface area contributed by atoms with Gasteiger partial charge < -0.3 is 9.64 Å². The Morgan fingerprint density at radius 1 is 1.53 bits per heavy atom. The molecule has 17 heavy (non-hydrogen) atoms. The lowest BCUT2D eigenvalue weighted by atomic mass is 10.1. The van der Waals surface area contributed by atoms with E-state index in [0.717, 1.165) is 6.42 Å². The number of hydrogen-bond acceptors (Lipinski definition) is 2. The molecule has 0 aliphatic carbocycles. The van der Waals surface area contributed by atoms with Gasteiger partial charge in [-0.3, -0.25) is 4.79 Å². The molecule has 100 valence electrons. The summed E-state index contributed by atoms with van der Waals surface area (Å²) in [7, 11) is 0. The van der Waals surface area contributed by atoms with Gasteiger partial charge in [-0.1, -0.05) is 22.9 Å². The molecule has 0 N–H and O–H groups in total. The van der Waals surface area contributed by atoms with Gasteiger partial charge in [0.05, 0.1) is 0 Å². The van der Waals surface area contributed by atoms with Crippen LogP contribution in [-0.2, 0) is 9.53 Å². The van der Waals surface area contributed by atoms with Crippen molar-refractivity contribution >= 4 is 21.8 Å². The first kappa shape index (κ1) is 14.8. The van der Waals surface area contributed by atoms with Crippen molar-refractivity contribution in [1.82, 2.24) is 4.90 Å². The molecule has 2 atom stereocenters. The molecular weight excluding hydrogens is 303 g/mol. The van der Waals surface area contributed by atoms with Crippen molar-refractivity contribution in [1.29, 1.82) is 0 Å². The number of nitrogens with zero attached hydrogens (tertiary/aromatic N) is 1. The van der Waals surface area contributed by atoms with E-state index in [1.807, 2.05) is 6.92 Å². The van der Waals surface area contributed by atoms with E-state index in [9.17, 15) is 18.0 Å². The fourth-order valence-corrected chi connectivity index (χ4v) is 2.88. The van der Waals surface area contributed by atoms with E-state index in [1.54, 1.807) is 4.90 Å². The third kappa shape index (κ3) is 4.46. The zero-order valence-electron chi connectivity index (χ0n) is 9.47. The summed E-state index contributed by atoms with van der Waals surface area (Å²) in [5.41, 5.74) is 0. The number of alkyl halides is 4. The number of ether oxygens (including phenoxy) is 1. The quantitative estimate of drug-likeness (QED) is 0.744. The summed E-state index contributed by atoms with van der Waals surface area (Å²) in [6, 6.07) is 0.0528. The Bertz CT molecular complexity index is 273. The van der Waals surface area contributed by atoms with E-state index in [2.05, 4.69) is 20.7 Å². The third-order valence-electron chi connectivity index (χ3n) is 2.85. The first-order valence-corrected chi connectivity index (χ1v) is 6.47. The average Bonchev–Trinajstić information content (AvgIpc) is 2.57. The highest BCUT2D eigenvalue weighted by Gasteiger charge is 2.34. The largest absolute Gasteiger partial charge is 0.411 e. The van der Waals surface area contributed by atoms with Gasteiger partial charge in [0, 0.05) is 17.9 Å². The Hall–Kier alpha value is -0.300. The van der Waals surface area contributed by atoms with Crippen LogP contribution in [0.3, 0.4) is 0 Å². The van der Waals surface area contributed by atoms with E-state index < -0.39 is 19.4 Å². The highest BCUT2D eigenvalue weighted by Crippen LogP contribution is 2.25. The maximum absolute atomic E-state index is 11.8. The zero-order chi connectivity index (χ0) is 13.1. The summed E-state index contributed by atoms with van der Waals surface area (Å²) in [5.74, 6) is -0.0102. The van der Waals surface area contributed by atoms with E-state index in [4.69, 9.17) is 0 Å². The molecule has 1 aliphatic heterocycles. The molecule has 0 aromatic heterocycles. The molecule has 0 aromatic carbocycles. The standard InChI is InChI=1S/C10H15BrF3NO2/c1-7-2-3-15(8(7)4-11)9(16)5-17-6-10(12,13)14/h7-8H,2-6H2,1H3. The Morgan fingerprint density at radius 2 is 2.18 bits per heavy atom. The highest BCUT2D eigenvalue weighted by atomic mass is 79.9.